The first kappa shape index (κ1) is 18.0. The minimum atomic E-state index is -2.87. The van der Waals surface area contributed by atoms with Crippen LogP contribution in [0.3, 0.4) is 0 Å². The van der Waals surface area contributed by atoms with E-state index in [1.54, 1.807) is 10.9 Å². The number of hydrogen-bond donors (Lipinski definition) is 0. The average molecular weight is 363 g/mol. The fourth-order valence-corrected chi connectivity index (χ4v) is 4.82. The van der Waals surface area contributed by atoms with Crippen LogP contribution in [0.5, 0.6) is 0 Å². The first-order valence-corrected chi connectivity index (χ1v) is 10.5. The van der Waals surface area contributed by atoms with Crippen molar-refractivity contribution < 1.29 is 8.42 Å². The molecule has 2 aromatic rings. The Morgan fingerprint density at radius 2 is 2.16 bits per heavy atom. The molecule has 0 amide bonds. The van der Waals surface area contributed by atoms with Crippen molar-refractivity contribution in [3.8, 4) is 5.82 Å². The molecule has 1 atom stereocenters. The lowest BCUT2D eigenvalue weighted by Gasteiger charge is -2.22. The molecule has 3 heterocycles. The van der Waals surface area contributed by atoms with Crippen LogP contribution < -0.4 is 0 Å². The molecular weight excluding hydrogens is 338 g/mol. The summed E-state index contributed by atoms with van der Waals surface area (Å²) in [6.45, 7) is 4.87. The minimum Gasteiger partial charge on any atom is -0.302 e. The van der Waals surface area contributed by atoms with Crippen molar-refractivity contribution in [1.29, 1.82) is 0 Å². The van der Waals surface area contributed by atoms with Crippen LogP contribution in [0.2, 0.25) is 0 Å². The van der Waals surface area contributed by atoms with Crippen molar-refractivity contribution in [1.82, 2.24) is 24.6 Å². The maximum atomic E-state index is 11.7. The van der Waals surface area contributed by atoms with Crippen molar-refractivity contribution in [3.63, 3.8) is 0 Å². The van der Waals surface area contributed by atoms with Gasteiger partial charge in [-0.05, 0) is 25.6 Å². The zero-order chi connectivity index (χ0) is 18.0. The predicted molar refractivity (Wildman–Crippen MR) is 96.6 cm³/mol. The Bertz CT molecular complexity index is 817. The van der Waals surface area contributed by atoms with Crippen LogP contribution in [0, 0.1) is 0 Å². The molecule has 25 heavy (non-hydrogen) atoms. The van der Waals surface area contributed by atoms with Gasteiger partial charge >= 0.3 is 0 Å². The van der Waals surface area contributed by atoms with E-state index >= 15 is 0 Å². The molecule has 1 aliphatic rings. The molecule has 0 aliphatic carbocycles. The fourth-order valence-electron chi connectivity index (χ4n) is 3.01. The Labute approximate surface area is 149 Å². The minimum absolute atomic E-state index is 0.0980. The van der Waals surface area contributed by atoms with Gasteiger partial charge in [0.15, 0.2) is 21.5 Å². The van der Waals surface area contributed by atoms with Crippen LogP contribution in [0.25, 0.3) is 5.82 Å². The van der Waals surface area contributed by atoms with Gasteiger partial charge in [0.25, 0.3) is 0 Å². The van der Waals surface area contributed by atoms with Gasteiger partial charge in [-0.15, -0.1) is 5.10 Å². The summed E-state index contributed by atoms with van der Waals surface area (Å²) >= 11 is 0. The van der Waals surface area contributed by atoms with Gasteiger partial charge in [0, 0.05) is 31.1 Å². The van der Waals surface area contributed by atoms with Gasteiger partial charge in [0.1, 0.15) is 5.82 Å². The zero-order valence-corrected chi connectivity index (χ0v) is 15.8. The smallest absolute Gasteiger partial charge is 0.155 e. The molecular formula is C17H25N5O2S. The van der Waals surface area contributed by atoms with Crippen molar-refractivity contribution in [2.75, 3.05) is 25.1 Å². The van der Waals surface area contributed by atoms with Crippen molar-refractivity contribution >= 4 is 9.84 Å². The van der Waals surface area contributed by atoms with E-state index in [1.165, 1.54) is 0 Å². The van der Waals surface area contributed by atoms with E-state index in [0.29, 0.717) is 18.6 Å². The van der Waals surface area contributed by atoms with E-state index in [0.717, 1.165) is 24.0 Å². The summed E-state index contributed by atoms with van der Waals surface area (Å²) in [5.41, 5.74) is 0. The summed E-state index contributed by atoms with van der Waals surface area (Å²) in [4.78, 5) is 11.2. The number of sulfone groups is 1. The molecule has 8 heteroatoms. The molecule has 0 unspecified atom stereocenters. The van der Waals surface area contributed by atoms with Crippen LogP contribution in [-0.2, 0) is 16.3 Å². The molecule has 0 radical (unpaired) electrons. The number of hydrogen-bond acceptors (Lipinski definition) is 6. The number of pyridine rings is 1. The predicted octanol–water partition coefficient (Wildman–Crippen LogP) is 1.45. The van der Waals surface area contributed by atoms with Gasteiger partial charge in [-0.3, -0.25) is 0 Å². The molecule has 136 valence electrons. The fraction of sp³-hybridized carbons (Fsp3) is 0.588. The Kier molecular flexibility index (Phi) is 5.19. The number of likely N-dealkylation sites (N-methyl/N-ethyl adjacent to an activating group) is 1. The topological polar surface area (TPSA) is 81.0 Å². The highest BCUT2D eigenvalue weighted by Gasteiger charge is 2.30. The summed E-state index contributed by atoms with van der Waals surface area (Å²) in [7, 11) is -0.884. The Balaban J connectivity index is 1.75. The van der Waals surface area contributed by atoms with Gasteiger partial charge in [0.05, 0.1) is 11.5 Å². The molecule has 0 aromatic carbocycles. The third kappa shape index (κ3) is 4.24. The number of nitrogens with zero attached hydrogens (tertiary/aromatic N) is 5. The van der Waals surface area contributed by atoms with E-state index in [4.69, 9.17) is 0 Å². The molecule has 0 N–H and O–H groups in total. The molecule has 3 rings (SSSR count). The highest BCUT2D eigenvalue weighted by molar-refractivity contribution is 7.91. The summed E-state index contributed by atoms with van der Waals surface area (Å²) in [5, 5.41) is 4.61. The summed E-state index contributed by atoms with van der Waals surface area (Å²) in [6, 6.07) is 5.81. The summed E-state index contributed by atoms with van der Waals surface area (Å²) < 4.78 is 25.2. The SMILES string of the molecule is CC(C)c1nc(CCN(C)[C@H]2CCS(=O)(=O)C2)n(-c2ccccn2)n1. The molecule has 0 saturated carbocycles. The van der Waals surface area contributed by atoms with Crippen LogP contribution in [-0.4, -0.2) is 64.2 Å². The molecule has 1 fully saturated rings. The van der Waals surface area contributed by atoms with Gasteiger partial charge < -0.3 is 4.90 Å². The molecule has 0 spiro atoms. The van der Waals surface area contributed by atoms with Gasteiger partial charge in [-0.1, -0.05) is 19.9 Å². The second kappa shape index (κ2) is 7.21. The summed E-state index contributed by atoms with van der Waals surface area (Å²) in [5.74, 6) is 3.20. The summed E-state index contributed by atoms with van der Waals surface area (Å²) in [6.07, 6.45) is 3.15. The molecule has 1 saturated heterocycles. The van der Waals surface area contributed by atoms with E-state index in [1.807, 2.05) is 25.2 Å². The van der Waals surface area contributed by atoms with Gasteiger partial charge in [0.2, 0.25) is 0 Å². The monoisotopic (exact) mass is 363 g/mol. The standard InChI is InChI=1S/C17H25N5O2S/c1-13(2)17-19-16(22(20-17)15-6-4-5-9-18-15)7-10-21(3)14-8-11-25(23,24)12-14/h4-6,9,13-14H,7-8,10-12H2,1-3H3/t14-/m0/s1. The lowest BCUT2D eigenvalue weighted by Crippen LogP contribution is -2.34. The average Bonchev–Trinajstić information content (AvgIpc) is 3.17. The van der Waals surface area contributed by atoms with Crippen molar-refractivity contribution in [2.45, 2.75) is 38.6 Å². The molecule has 7 nitrogen and oxygen atoms in total. The first-order chi connectivity index (χ1) is 11.9. The molecule has 1 aliphatic heterocycles. The zero-order valence-electron chi connectivity index (χ0n) is 15.0. The van der Waals surface area contributed by atoms with E-state index < -0.39 is 9.84 Å². The normalized spacial score (nSPS) is 19.8. The molecule has 2 aromatic heterocycles. The van der Waals surface area contributed by atoms with Gasteiger partial charge in [-0.2, -0.15) is 4.68 Å². The third-order valence-electron chi connectivity index (χ3n) is 4.59. The number of aromatic nitrogens is 4. The highest BCUT2D eigenvalue weighted by atomic mass is 32.2. The lowest BCUT2D eigenvalue weighted by molar-refractivity contribution is 0.263. The maximum absolute atomic E-state index is 11.7. The second-order valence-electron chi connectivity index (χ2n) is 6.93. The Morgan fingerprint density at radius 1 is 1.36 bits per heavy atom. The Morgan fingerprint density at radius 3 is 2.76 bits per heavy atom. The van der Waals surface area contributed by atoms with E-state index in [-0.39, 0.29) is 17.7 Å². The maximum Gasteiger partial charge on any atom is 0.155 e. The van der Waals surface area contributed by atoms with Gasteiger partial charge in [-0.25, -0.2) is 18.4 Å². The molecule has 0 bridgehead atoms. The first-order valence-electron chi connectivity index (χ1n) is 8.63. The number of rotatable bonds is 6. The Hall–Kier alpha value is -1.80. The largest absolute Gasteiger partial charge is 0.302 e. The van der Waals surface area contributed by atoms with E-state index in [9.17, 15) is 8.42 Å². The van der Waals surface area contributed by atoms with Crippen LogP contribution in [0.4, 0.5) is 0 Å². The third-order valence-corrected chi connectivity index (χ3v) is 6.34. The van der Waals surface area contributed by atoms with Crippen LogP contribution in [0.1, 0.15) is 37.8 Å². The van der Waals surface area contributed by atoms with E-state index in [2.05, 4.69) is 33.8 Å². The van der Waals surface area contributed by atoms with Crippen molar-refractivity contribution in [3.05, 3.63) is 36.0 Å². The van der Waals surface area contributed by atoms with Crippen LogP contribution in [0.15, 0.2) is 24.4 Å². The quantitative estimate of drug-likeness (QED) is 0.773. The van der Waals surface area contributed by atoms with Crippen LogP contribution >= 0.6 is 0 Å². The van der Waals surface area contributed by atoms with Crippen molar-refractivity contribution in [2.24, 2.45) is 0 Å². The second-order valence-corrected chi connectivity index (χ2v) is 9.16. The lowest BCUT2D eigenvalue weighted by atomic mass is 10.2. The highest BCUT2D eigenvalue weighted by Crippen LogP contribution is 2.18.